The van der Waals surface area contributed by atoms with Crippen LogP contribution in [0.25, 0.3) is 0 Å². The second kappa shape index (κ2) is 6.40. The molecule has 0 unspecified atom stereocenters. The summed E-state index contributed by atoms with van der Waals surface area (Å²) in [5, 5.41) is 0. The molecule has 1 heterocycles. The van der Waals surface area contributed by atoms with Gasteiger partial charge in [-0.25, -0.2) is 4.98 Å². The molecule has 0 aliphatic rings. The third-order valence-corrected chi connectivity index (χ3v) is 2.49. The Morgan fingerprint density at radius 1 is 1.33 bits per heavy atom. The van der Waals surface area contributed by atoms with Gasteiger partial charge in [0, 0.05) is 19.6 Å². The van der Waals surface area contributed by atoms with Crippen LogP contribution in [0.4, 0.5) is 5.82 Å². The quantitative estimate of drug-likeness (QED) is 0.777. The number of pyridine rings is 1. The molecular weight excluding hydrogens is 186 g/mol. The summed E-state index contributed by atoms with van der Waals surface area (Å²) in [5.41, 5.74) is 6.54. The molecule has 84 valence electrons. The van der Waals surface area contributed by atoms with Gasteiger partial charge < -0.3 is 10.6 Å². The maximum Gasteiger partial charge on any atom is 0.128 e. The van der Waals surface area contributed by atoms with Gasteiger partial charge in [-0.05, 0) is 25.5 Å². The van der Waals surface area contributed by atoms with Crippen molar-refractivity contribution < 1.29 is 0 Å². The number of anilines is 1. The molecule has 0 aliphatic carbocycles. The first-order chi connectivity index (χ1) is 7.31. The predicted octanol–water partition coefficient (Wildman–Crippen LogP) is 2.17. The van der Waals surface area contributed by atoms with E-state index in [0.717, 1.165) is 24.6 Å². The molecule has 0 fully saturated rings. The summed E-state index contributed by atoms with van der Waals surface area (Å²) in [6.07, 6.45) is 2.43. The lowest BCUT2D eigenvalue weighted by Crippen LogP contribution is -2.25. The van der Waals surface area contributed by atoms with Gasteiger partial charge in [-0.15, -0.1) is 0 Å². The second-order valence-corrected chi connectivity index (χ2v) is 3.62. The summed E-state index contributed by atoms with van der Waals surface area (Å²) < 4.78 is 0. The molecule has 0 amide bonds. The fourth-order valence-corrected chi connectivity index (χ4v) is 1.54. The molecule has 1 rings (SSSR count). The topological polar surface area (TPSA) is 42.1 Å². The maximum atomic E-state index is 5.58. The van der Waals surface area contributed by atoms with E-state index in [1.807, 2.05) is 12.1 Å². The highest BCUT2D eigenvalue weighted by molar-refractivity contribution is 5.38. The number of aromatic nitrogens is 1. The largest absolute Gasteiger partial charge is 0.357 e. The van der Waals surface area contributed by atoms with Crippen LogP contribution < -0.4 is 10.6 Å². The Morgan fingerprint density at radius 3 is 2.73 bits per heavy atom. The van der Waals surface area contributed by atoms with E-state index < -0.39 is 0 Å². The molecule has 0 radical (unpaired) electrons. The van der Waals surface area contributed by atoms with Crippen molar-refractivity contribution in [2.24, 2.45) is 5.73 Å². The van der Waals surface area contributed by atoms with Crippen LogP contribution in [-0.2, 0) is 6.54 Å². The van der Waals surface area contributed by atoms with Gasteiger partial charge in [-0.1, -0.05) is 19.4 Å². The highest BCUT2D eigenvalue weighted by Gasteiger charge is 2.04. The van der Waals surface area contributed by atoms with E-state index in [-0.39, 0.29) is 0 Å². The van der Waals surface area contributed by atoms with Gasteiger partial charge in [0.1, 0.15) is 5.82 Å². The smallest absolute Gasteiger partial charge is 0.128 e. The molecule has 15 heavy (non-hydrogen) atoms. The first kappa shape index (κ1) is 12.0. The second-order valence-electron chi connectivity index (χ2n) is 3.62. The van der Waals surface area contributed by atoms with Crippen LogP contribution in [0.1, 0.15) is 32.4 Å². The molecule has 3 heteroatoms. The molecule has 0 spiro atoms. The lowest BCUT2D eigenvalue weighted by molar-refractivity contribution is 0.721. The van der Waals surface area contributed by atoms with E-state index in [4.69, 9.17) is 5.73 Å². The first-order valence-electron chi connectivity index (χ1n) is 5.72. The Labute approximate surface area is 92.3 Å². The standard InChI is InChI=1S/C12H21N3/c1-3-5-9-15(4-2)12-8-6-7-11(10-13)14-12/h6-8H,3-5,9-10,13H2,1-2H3. The summed E-state index contributed by atoms with van der Waals surface area (Å²) >= 11 is 0. The van der Waals surface area contributed by atoms with Crippen molar-refractivity contribution in [1.29, 1.82) is 0 Å². The van der Waals surface area contributed by atoms with Crippen molar-refractivity contribution in [2.75, 3.05) is 18.0 Å². The van der Waals surface area contributed by atoms with Gasteiger partial charge in [-0.3, -0.25) is 0 Å². The van der Waals surface area contributed by atoms with E-state index in [9.17, 15) is 0 Å². The highest BCUT2D eigenvalue weighted by atomic mass is 15.2. The molecule has 0 aromatic carbocycles. The van der Waals surface area contributed by atoms with Gasteiger partial charge in [-0.2, -0.15) is 0 Å². The van der Waals surface area contributed by atoms with E-state index >= 15 is 0 Å². The highest BCUT2D eigenvalue weighted by Crippen LogP contribution is 2.11. The lowest BCUT2D eigenvalue weighted by Gasteiger charge is -2.22. The van der Waals surface area contributed by atoms with Gasteiger partial charge in [0.05, 0.1) is 5.69 Å². The molecule has 0 bridgehead atoms. The predicted molar refractivity (Wildman–Crippen MR) is 64.9 cm³/mol. The Hall–Kier alpha value is -1.09. The summed E-state index contributed by atoms with van der Waals surface area (Å²) in [5.74, 6) is 1.05. The fourth-order valence-electron chi connectivity index (χ4n) is 1.54. The van der Waals surface area contributed by atoms with Crippen LogP contribution in [-0.4, -0.2) is 18.1 Å². The molecular formula is C12H21N3. The Morgan fingerprint density at radius 2 is 2.13 bits per heavy atom. The van der Waals surface area contributed by atoms with Crippen molar-refractivity contribution in [3.05, 3.63) is 23.9 Å². The molecule has 2 N–H and O–H groups in total. The van der Waals surface area contributed by atoms with E-state index in [0.29, 0.717) is 6.54 Å². The van der Waals surface area contributed by atoms with Crippen LogP contribution in [0.5, 0.6) is 0 Å². The molecule has 3 nitrogen and oxygen atoms in total. The Kier molecular flexibility index (Phi) is 5.12. The van der Waals surface area contributed by atoms with Crippen LogP contribution in [0, 0.1) is 0 Å². The molecule has 0 aliphatic heterocycles. The number of nitrogens with zero attached hydrogens (tertiary/aromatic N) is 2. The third kappa shape index (κ3) is 3.51. The summed E-state index contributed by atoms with van der Waals surface area (Å²) in [7, 11) is 0. The van der Waals surface area contributed by atoms with Crippen LogP contribution in [0.3, 0.4) is 0 Å². The van der Waals surface area contributed by atoms with Crippen molar-refractivity contribution >= 4 is 5.82 Å². The first-order valence-corrected chi connectivity index (χ1v) is 5.72. The SMILES string of the molecule is CCCCN(CC)c1cccc(CN)n1. The summed E-state index contributed by atoms with van der Waals surface area (Å²) in [6.45, 7) is 6.96. The van der Waals surface area contributed by atoms with E-state index in [1.165, 1.54) is 12.8 Å². The fraction of sp³-hybridized carbons (Fsp3) is 0.583. The zero-order valence-electron chi connectivity index (χ0n) is 9.74. The maximum absolute atomic E-state index is 5.58. The van der Waals surface area contributed by atoms with Crippen LogP contribution >= 0.6 is 0 Å². The Balaban J connectivity index is 2.72. The molecule has 0 saturated carbocycles. The number of rotatable bonds is 6. The summed E-state index contributed by atoms with van der Waals surface area (Å²) in [6, 6.07) is 6.05. The normalized spacial score (nSPS) is 10.3. The molecule has 1 aromatic heterocycles. The minimum Gasteiger partial charge on any atom is -0.357 e. The van der Waals surface area contributed by atoms with E-state index in [1.54, 1.807) is 0 Å². The minimum atomic E-state index is 0.513. The van der Waals surface area contributed by atoms with Gasteiger partial charge in [0.15, 0.2) is 0 Å². The van der Waals surface area contributed by atoms with Gasteiger partial charge >= 0.3 is 0 Å². The summed E-state index contributed by atoms with van der Waals surface area (Å²) in [4.78, 5) is 6.81. The van der Waals surface area contributed by atoms with Crippen LogP contribution in [0.15, 0.2) is 18.2 Å². The lowest BCUT2D eigenvalue weighted by atomic mass is 10.3. The zero-order valence-corrected chi connectivity index (χ0v) is 9.74. The van der Waals surface area contributed by atoms with Crippen LogP contribution in [0.2, 0.25) is 0 Å². The van der Waals surface area contributed by atoms with E-state index in [2.05, 4.69) is 29.8 Å². The van der Waals surface area contributed by atoms with Crippen molar-refractivity contribution in [3.8, 4) is 0 Å². The average Bonchev–Trinajstić information content (AvgIpc) is 2.30. The number of unbranched alkanes of at least 4 members (excludes halogenated alkanes) is 1. The third-order valence-electron chi connectivity index (χ3n) is 2.49. The van der Waals surface area contributed by atoms with Gasteiger partial charge in [0.25, 0.3) is 0 Å². The van der Waals surface area contributed by atoms with Crippen molar-refractivity contribution in [2.45, 2.75) is 33.2 Å². The van der Waals surface area contributed by atoms with Crippen molar-refractivity contribution in [3.63, 3.8) is 0 Å². The van der Waals surface area contributed by atoms with Crippen molar-refractivity contribution in [1.82, 2.24) is 4.98 Å². The number of nitrogens with two attached hydrogens (primary N) is 1. The Bertz CT molecular complexity index is 286. The monoisotopic (exact) mass is 207 g/mol. The van der Waals surface area contributed by atoms with Gasteiger partial charge in [0.2, 0.25) is 0 Å². The number of hydrogen-bond donors (Lipinski definition) is 1. The molecule has 0 saturated heterocycles. The minimum absolute atomic E-state index is 0.513. The zero-order chi connectivity index (χ0) is 11.1. The molecule has 0 atom stereocenters. The average molecular weight is 207 g/mol. The molecule has 1 aromatic rings. The number of hydrogen-bond acceptors (Lipinski definition) is 3.